The lowest BCUT2D eigenvalue weighted by atomic mass is 9.87. The molecule has 0 spiro atoms. The van der Waals surface area contributed by atoms with E-state index < -0.39 is 0 Å². The first kappa shape index (κ1) is 18.8. The monoisotopic (exact) mass is 324 g/mol. The maximum Gasteiger partial charge on any atom is 0.0575 e. The van der Waals surface area contributed by atoms with E-state index in [2.05, 4.69) is 56.0 Å². The average molecular weight is 325 g/mol. The molecule has 2 rings (SSSR count). The zero-order chi connectivity index (χ0) is 17.0. The van der Waals surface area contributed by atoms with Crippen molar-refractivity contribution in [3.8, 4) is 11.8 Å². The molecule has 0 bridgehead atoms. The molecule has 1 aliphatic carbocycles. The Morgan fingerprint density at radius 3 is 2.46 bits per heavy atom. The van der Waals surface area contributed by atoms with Gasteiger partial charge < -0.3 is 4.74 Å². The Labute approximate surface area is 148 Å². The number of ether oxygens (including phenoxy) is 1. The van der Waals surface area contributed by atoms with E-state index in [-0.39, 0.29) is 0 Å². The molecule has 1 aromatic rings. The normalized spacial score (nSPS) is 20.8. The molecule has 24 heavy (non-hydrogen) atoms. The Kier molecular flexibility index (Phi) is 8.71. The van der Waals surface area contributed by atoms with Crippen molar-refractivity contribution in [3.05, 3.63) is 47.5 Å². The SMILES string of the molecule is CCCCOC1CCC(/C=C/C#Cc2ccc(CCC)cc2)CC1. The first-order valence-electron chi connectivity index (χ1n) is 9.70. The van der Waals surface area contributed by atoms with Crippen molar-refractivity contribution in [2.24, 2.45) is 5.92 Å². The molecule has 1 heteroatoms. The first-order chi connectivity index (χ1) is 11.8. The van der Waals surface area contributed by atoms with Gasteiger partial charge in [0.2, 0.25) is 0 Å². The molecule has 130 valence electrons. The van der Waals surface area contributed by atoms with Crippen molar-refractivity contribution in [3.63, 3.8) is 0 Å². The van der Waals surface area contributed by atoms with Crippen LogP contribution in [0.4, 0.5) is 0 Å². The topological polar surface area (TPSA) is 9.23 Å². The van der Waals surface area contributed by atoms with Gasteiger partial charge in [0.15, 0.2) is 0 Å². The summed E-state index contributed by atoms with van der Waals surface area (Å²) in [4.78, 5) is 0. The standard InChI is InChI=1S/C23H32O/c1-3-5-19-24-23-17-15-22(16-18-23)10-7-6-9-21-13-11-20(8-4-2)12-14-21/h7,10-14,22-23H,3-5,8,15-19H2,1-2H3/b10-7+. The predicted octanol–water partition coefficient (Wildman–Crippen LogP) is 5.92. The van der Waals surface area contributed by atoms with E-state index in [0.717, 1.165) is 18.6 Å². The van der Waals surface area contributed by atoms with Crippen LogP contribution < -0.4 is 0 Å². The van der Waals surface area contributed by atoms with Crippen LogP contribution in [0.25, 0.3) is 0 Å². The Balaban J connectivity index is 1.71. The second-order valence-corrected chi connectivity index (χ2v) is 6.84. The maximum atomic E-state index is 5.93. The molecule has 1 fully saturated rings. The van der Waals surface area contributed by atoms with E-state index in [4.69, 9.17) is 4.74 Å². The highest BCUT2D eigenvalue weighted by molar-refractivity contribution is 5.38. The number of rotatable bonds is 7. The van der Waals surface area contributed by atoms with E-state index in [1.807, 2.05) is 6.08 Å². The highest BCUT2D eigenvalue weighted by Crippen LogP contribution is 2.27. The van der Waals surface area contributed by atoms with Crippen molar-refractivity contribution in [2.75, 3.05) is 6.61 Å². The molecule has 0 aromatic heterocycles. The second-order valence-electron chi connectivity index (χ2n) is 6.84. The van der Waals surface area contributed by atoms with E-state index in [1.165, 1.54) is 50.5 Å². The quantitative estimate of drug-likeness (QED) is 0.446. The summed E-state index contributed by atoms with van der Waals surface area (Å²) in [6.07, 6.45) is 14.5. The van der Waals surface area contributed by atoms with Crippen LogP contribution in [0.5, 0.6) is 0 Å². The zero-order valence-corrected chi connectivity index (χ0v) is 15.4. The van der Waals surface area contributed by atoms with Crippen LogP contribution in [-0.2, 0) is 11.2 Å². The van der Waals surface area contributed by atoms with Crippen molar-refractivity contribution in [1.29, 1.82) is 0 Å². The minimum absolute atomic E-state index is 0.494. The number of aryl methyl sites for hydroxylation is 1. The van der Waals surface area contributed by atoms with Crippen LogP contribution in [0.15, 0.2) is 36.4 Å². The van der Waals surface area contributed by atoms with Gasteiger partial charge in [0, 0.05) is 12.2 Å². The molecule has 0 aliphatic heterocycles. The average Bonchev–Trinajstić information content (AvgIpc) is 2.62. The van der Waals surface area contributed by atoms with E-state index in [1.54, 1.807) is 0 Å². The van der Waals surface area contributed by atoms with Gasteiger partial charge >= 0.3 is 0 Å². The molecule has 0 amide bonds. The van der Waals surface area contributed by atoms with Crippen LogP contribution in [0.1, 0.15) is 69.9 Å². The lowest BCUT2D eigenvalue weighted by molar-refractivity contribution is 0.0209. The van der Waals surface area contributed by atoms with Crippen molar-refractivity contribution in [1.82, 2.24) is 0 Å². The molecule has 0 atom stereocenters. The Hall–Kier alpha value is -1.52. The van der Waals surface area contributed by atoms with E-state index in [9.17, 15) is 0 Å². The van der Waals surface area contributed by atoms with Crippen LogP contribution in [0.2, 0.25) is 0 Å². The Morgan fingerprint density at radius 1 is 1.04 bits per heavy atom. The lowest BCUT2D eigenvalue weighted by Gasteiger charge is -2.26. The zero-order valence-electron chi connectivity index (χ0n) is 15.4. The highest BCUT2D eigenvalue weighted by Gasteiger charge is 2.19. The molecule has 0 unspecified atom stereocenters. The Bertz CT molecular complexity index is 536. The fourth-order valence-corrected chi connectivity index (χ4v) is 3.19. The molecule has 1 nitrogen and oxygen atoms in total. The fraction of sp³-hybridized carbons (Fsp3) is 0.565. The van der Waals surface area contributed by atoms with Crippen molar-refractivity contribution in [2.45, 2.75) is 71.3 Å². The molecular formula is C23H32O. The first-order valence-corrected chi connectivity index (χ1v) is 9.70. The third kappa shape index (κ3) is 6.93. The van der Waals surface area contributed by atoms with Gasteiger partial charge in [-0.15, -0.1) is 0 Å². The molecular weight excluding hydrogens is 292 g/mol. The van der Waals surface area contributed by atoms with Crippen LogP contribution in [0.3, 0.4) is 0 Å². The smallest absolute Gasteiger partial charge is 0.0575 e. The highest BCUT2D eigenvalue weighted by atomic mass is 16.5. The second kappa shape index (κ2) is 11.1. The molecule has 0 saturated heterocycles. The van der Waals surface area contributed by atoms with Crippen LogP contribution >= 0.6 is 0 Å². The lowest BCUT2D eigenvalue weighted by Crippen LogP contribution is -2.21. The third-order valence-corrected chi connectivity index (χ3v) is 4.73. The minimum Gasteiger partial charge on any atom is -0.378 e. The number of benzene rings is 1. The molecule has 0 heterocycles. The number of hydrogen-bond donors (Lipinski definition) is 0. The summed E-state index contributed by atoms with van der Waals surface area (Å²) in [5.41, 5.74) is 2.50. The van der Waals surface area contributed by atoms with Gasteiger partial charge in [0.1, 0.15) is 0 Å². The molecule has 0 radical (unpaired) electrons. The van der Waals surface area contributed by atoms with Gasteiger partial charge in [-0.3, -0.25) is 0 Å². The Morgan fingerprint density at radius 2 is 1.79 bits per heavy atom. The summed E-state index contributed by atoms with van der Waals surface area (Å²) in [5, 5.41) is 0. The molecule has 1 aliphatic rings. The minimum atomic E-state index is 0.494. The van der Waals surface area contributed by atoms with Gasteiger partial charge in [-0.05, 0) is 68.2 Å². The number of unbranched alkanes of at least 4 members (excludes halogenated alkanes) is 1. The van der Waals surface area contributed by atoms with Crippen molar-refractivity contribution < 1.29 is 4.74 Å². The molecule has 0 N–H and O–H groups in total. The number of allylic oxidation sites excluding steroid dienone is 2. The summed E-state index contributed by atoms with van der Waals surface area (Å²) in [5.74, 6) is 7.10. The number of hydrogen-bond acceptors (Lipinski definition) is 1. The summed E-state index contributed by atoms with van der Waals surface area (Å²) in [6, 6.07) is 8.64. The molecule has 1 saturated carbocycles. The van der Waals surface area contributed by atoms with E-state index >= 15 is 0 Å². The van der Waals surface area contributed by atoms with Gasteiger partial charge in [0.05, 0.1) is 6.10 Å². The van der Waals surface area contributed by atoms with Crippen LogP contribution in [0, 0.1) is 17.8 Å². The third-order valence-electron chi connectivity index (χ3n) is 4.73. The largest absolute Gasteiger partial charge is 0.378 e. The summed E-state index contributed by atoms with van der Waals surface area (Å²) < 4.78 is 5.93. The summed E-state index contributed by atoms with van der Waals surface area (Å²) >= 11 is 0. The van der Waals surface area contributed by atoms with Crippen LogP contribution in [-0.4, -0.2) is 12.7 Å². The summed E-state index contributed by atoms with van der Waals surface area (Å²) in [6.45, 7) is 5.36. The predicted molar refractivity (Wildman–Crippen MR) is 103 cm³/mol. The van der Waals surface area contributed by atoms with E-state index in [0.29, 0.717) is 12.0 Å². The van der Waals surface area contributed by atoms with Gasteiger partial charge in [-0.25, -0.2) is 0 Å². The molecule has 1 aromatic carbocycles. The van der Waals surface area contributed by atoms with Crippen molar-refractivity contribution >= 4 is 0 Å². The maximum absolute atomic E-state index is 5.93. The summed E-state index contributed by atoms with van der Waals surface area (Å²) in [7, 11) is 0. The fourth-order valence-electron chi connectivity index (χ4n) is 3.19. The van der Waals surface area contributed by atoms with Gasteiger partial charge in [-0.1, -0.05) is 56.7 Å². The van der Waals surface area contributed by atoms with Gasteiger partial charge in [-0.2, -0.15) is 0 Å². The van der Waals surface area contributed by atoms with Gasteiger partial charge in [0.25, 0.3) is 0 Å².